The second-order valence-electron chi connectivity index (χ2n) is 6.85. The lowest BCUT2D eigenvalue weighted by Gasteiger charge is -2.30. The Morgan fingerprint density at radius 1 is 1.14 bits per heavy atom. The number of carbonyl (C=O) groups is 1. The molecule has 2 aromatic heterocycles. The summed E-state index contributed by atoms with van der Waals surface area (Å²) in [5.74, 6) is 1.44. The summed E-state index contributed by atoms with van der Waals surface area (Å²) in [5, 5.41) is 9.73. The number of carbonyl (C=O) groups excluding carboxylic acids is 1. The highest BCUT2D eigenvalue weighted by molar-refractivity contribution is 7.99. The Morgan fingerprint density at radius 2 is 1.86 bits per heavy atom. The molecule has 0 aliphatic heterocycles. The van der Waals surface area contributed by atoms with E-state index in [9.17, 15) is 4.79 Å². The number of hydrogen-bond acceptors (Lipinski definition) is 5. The fourth-order valence-electron chi connectivity index (χ4n) is 3.15. The zero-order chi connectivity index (χ0) is 20.3. The second kappa shape index (κ2) is 8.84. The van der Waals surface area contributed by atoms with Crippen LogP contribution in [0.2, 0.25) is 5.02 Å². The fraction of sp³-hybridized carbons (Fsp3) is 0.350. The lowest BCUT2D eigenvalue weighted by atomic mass is 10.2. The van der Waals surface area contributed by atoms with E-state index in [0.717, 1.165) is 5.69 Å². The normalized spacial score (nSPS) is 11.4. The van der Waals surface area contributed by atoms with Crippen LogP contribution in [0.4, 0.5) is 0 Å². The molecule has 0 N–H and O–H groups in total. The Morgan fingerprint density at radius 3 is 2.46 bits per heavy atom. The van der Waals surface area contributed by atoms with Crippen LogP contribution in [0.25, 0.3) is 17.3 Å². The van der Waals surface area contributed by atoms with Gasteiger partial charge in [-0.05, 0) is 52.0 Å². The summed E-state index contributed by atoms with van der Waals surface area (Å²) in [7, 11) is 0. The molecule has 0 saturated carbocycles. The standard InChI is InChI=1S/C20H23ClN4O2S/c1-13(2)24(14(3)4)18(26)12-28-20-23-22-19(17-10-7-11-27-17)25(20)16-9-6-5-8-15(16)21/h5-11,13-14H,12H2,1-4H3. The van der Waals surface area contributed by atoms with Crippen LogP contribution in [-0.4, -0.2) is 43.4 Å². The third-order valence-corrected chi connectivity index (χ3v) is 5.43. The van der Waals surface area contributed by atoms with Crippen molar-refractivity contribution in [3.63, 3.8) is 0 Å². The Balaban J connectivity index is 1.94. The van der Waals surface area contributed by atoms with Crippen molar-refractivity contribution in [2.24, 2.45) is 0 Å². The van der Waals surface area contributed by atoms with Gasteiger partial charge >= 0.3 is 0 Å². The number of para-hydroxylation sites is 1. The van der Waals surface area contributed by atoms with Crippen LogP contribution in [-0.2, 0) is 4.79 Å². The highest BCUT2D eigenvalue weighted by Gasteiger charge is 2.23. The molecule has 0 spiro atoms. The zero-order valence-electron chi connectivity index (χ0n) is 16.3. The highest BCUT2D eigenvalue weighted by atomic mass is 35.5. The van der Waals surface area contributed by atoms with E-state index in [1.807, 2.05) is 67.5 Å². The van der Waals surface area contributed by atoms with Crippen molar-refractivity contribution in [1.82, 2.24) is 19.7 Å². The van der Waals surface area contributed by atoms with Gasteiger partial charge in [-0.2, -0.15) is 0 Å². The number of aromatic nitrogens is 3. The Hall–Kier alpha value is -2.25. The number of furan rings is 1. The van der Waals surface area contributed by atoms with Gasteiger partial charge in [0.1, 0.15) is 0 Å². The Kier molecular flexibility index (Phi) is 6.46. The van der Waals surface area contributed by atoms with Gasteiger partial charge in [0.05, 0.1) is 22.7 Å². The van der Waals surface area contributed by atoms with Gasteiger partial charge in [-0.25, -0.2) is 0 Å². The molecule has 6 nitrogen and oxygen atoms in total. The molecule has 0 saturated heterocycles. The van der Waals surface area contributed by atoms with Crippen LogP contribution >= 0.6 is 23.4 Å². The van der Waals surface area contributed by atoms with Gasteiger partial charge in [0.25, 0.3) is 0 Å². The zero-order valence-corrected chi connectivity index (χ0v) is 17.9. The summed E-state index contributed by atoms with van der Waals surface area (Å²) >= 11 is 7.76. The molecule has 0 aliphatic rings. The number of benzene rings is 1. The van der Waals surface area contributed by atoms with Crippen molar-refractivity contribution in [3.8, 4) is 17.3 Å². The first-order valence-corrected chi connectivity index (χ1v) is 10.4. The quantitative estimate of drug-likeness (QED) is 0.509. The van der Waals surface area contributed by atoms with E-state index in [2.05, 4.69) is 10.2 Å². The SMILES string of the molecule is CC(C)N(C(=O)CSc1nnc(-c2ccco2)n1-c1ccccc1Cl)C(C)C. The molecule has 2 heterocycles. The highest BCUT2D eigenvalue weighted by Crippen LogP contribution is 2.31. The first-order chi connectivity index (χ1) is 13.4. The minimum atomic E-state index is 0.0586. The van der Waals surface area contributed by atoms with E-state index >= 15 is 0 Å². The summed E-state index contributed by atoms with van der Waals surface area (Å²) < 4.78 is 7.34. The Labute approximate surface area is 173 Å². The molecule has 0 fully saturated rings. The van der Waals surface area contributed by atoms with Crippen LogP contribution < -0.4 is 0 Å². The lowest BCUT2D eigenvalue weighted by molar-refractivity contribution is -0.131. The van der Waals surface area contributed by atoms with Gasteiger partial charge in [0.15, 0.2) is 10.9 Å². The van der Waals surface area contributed by atoms with Crippen molar-refractivity contribution < 1.29 is 9.21 Å². The van der Waals surface area contributed by atoms with Crippen LogP contribution in [0.1, 0.15) is 27.7 Å². The monoisotopic (exact) mass is 418 g/mol. The molecule has 0 bridgehead atoms. The number of thioether (sulfide) groups is 1. The van der Waals surface area contributed by atoms with Gasteiger partial charge in [-0.15, -0.1) is 10.2 Å². The van der Waals surface area contributed by atoms with Crippen molar-refractivity contribution >= 4 is 29.3 Å². The maximum atomic E-state index is 12.8. The van der Waals surface area contributed by atoms with Gasteiger partial charge in [0.2, 0.25) is 11.7 Å². The molecule has 1 aromatic carbocycles. The number of amides is 1. The lowest BCUT2D eigenvalue weighted by Crippen LogP contribution is -2.43. The molecule has 0 radical (unpaired) electrons. The largest absolute Gasteiger partial charge is 0.461 e. The molecule has 3 aromatic rings. The van der Waals surface area contributed by atoms with Crippen molar-refractivity contribution in [2.75, 3.05) is 5.75 Å². The molecule has 8 heteroatoms. The van der Waals surface area contributed by atoms with Crippen molar-refractivity contribution in [2.45, 2.75) is 44.9 Å². The molecule has 0 atom stereocenters. The second-order valence-corrected chi connectivity index (χ2v) is 8.20. The van der Waals surface area contributed by atoms with E-state index in [1.165, 1.54) is 11.8 Å². The topological polar surface area (TPSA) is 64.2 Å². The average Bonchev–Trinajstić information content (AvgIpc) is 3.29. The van der Waals surface area contributed by atoms with E-state index in [0.29, 0.717) is 21.8 Å². The summed E-state index contributed by atoms with van der Waals surface area (Å²) in [5.41, 5.74) is 0.736. The van der Waals surface area contributed by atoms with Crippen LogP contribution in [0.15, 0.2) is 52.2 Å². The molecule has 0 unspecified atom stereocenters. The summed E-state index contributed by atoms with van der Waals surface area (Å²) in [6.07, 6.45) is 1.58. The number of hydrogen-bond donors (Lipinski definition) is 0. The first kappa shape index (κ1) is 20.5. The predicted octanol–water partition coefficient (Wildman–Crippen LogP) is 4.92. The molecule has 28 heavy (non-hydrogen) atoms. The van der Waals surface area contributed by atoms with Gasteiger partial charge in [0, 0.05) is 12.1 Å². The number of nitrogens with zero attached hydrogens (tertiary/aromatic N) is 4. The summed E-state index contributed by atoms with van der Waals surface area (Å²) in [6, 6.07) is 11.3. The van der Waals surface area contributed by atoms with Gasteiger partial charge in [-0.1, -0.05) is 35.5 Å². The van der Waals surface area contributed by atoms with Crippen LogP contribution in [0.5, 0.6) is 0 Å². The van der Waals surface area contributed by atoms with Crippen molar-refractivity contribution in [3.05, 3.63) is 47.7 Å². The molecular formula is C20H23ClN4O2S. The minimum Gasteiger partial charge on any atom is -0.461 e. The minimum absolute atomic E-state index is 0.0586. The van der Waals surface area contributed by atoms with Crippen LogP contribution in [0.3, 0.4) is 0 Å². The van der Waals surface area contributed by atoms with Gasteiger partial charge in [-0.3, -0.25) is 9.36 Å². The van der Waals surface area contributed by atoms with E-state index in [4.69, 9.17) is 16.0 Å². The first-order valence-electron chi connectivity index (χ1n) is 9.08. The third kappa shape index (κ3) is 4.25. The Bertz CT molecular complexity index is 930. The van der Waals surface area contributed by atoms with Crippen LogP contribution in [0, 0.1) is 0 Å². The summed E-state index contributed by atoms with van der Waals surface area (Å²) in [6.45, 7) is 8.07. The summed E-state index contributed by atoms with van der Waals surface area (Å²) in [4.78, 5) is 14.6. The predicted molar refractivity (Wildman–Crippen MR) is 112 cm³/mol. The third-order valence-electron chi connectivity index (χ3n) is 4.19. The van der Waals surface area contributed by atoms with E-state index in [1.54, 1.807) is 12.3 Å². The molecule has 148 valence electrons. The maximum absolute atomic E-state index is 12.8. The van der Waals surface area contributed by atoms with E-state index in [-0.39, 0.29) is 23.7 Å². The molecule has 0 aliphatic carbocycles. The molecule has 1 amide bonds. The number of halogens is 1. The molecular weight excluding hydrogens is 396 g/mol. The average molecular weight is 419 g/mol. The number of rotatable bonds is 7. The van der Waals surface area contributed by atoms with E-state index < -0.39 is 0 Å². The van der Waals surface area contributed by atoms with Crippen molar-refractivity contribution in [1.29, 1.82) is 0 Å². The fourth-order valence-corrected chi connectivity index (χ4v) is 4.19. The molecule has 3 rings (SSSR count). The van der Waals surface area contributed by atoms with Gasteiger partial charge < -0.3 is 9.32 Å². The smallest absolute Gasteiger partial charge is 0.233 e. The maximum Gasteiger partial charge on any atom is 0.233 e.